The fourth-order valence-electron chi connectivity index (χ4n) is 4.09. The molecule has 0 aromatic carbocycles. The molecule has 0 radical (unpaired) electrons. The SMILES string of the molecule is CCn1c(C2=C(C(=O)O)N3C(=O)C(C=S)(NC(=O)/C(=N\OC)c4csc(N)n4)[C@@H]3SC2)cc(N)nc1=N. The molecule has 0 bridgehead atoms. The lowest BCUT2D eigenvalue weighted by Crippen LogP contribution is -2.80. The molecule has 1 fully saturated rings. The third-order valence-electron chi connectivity index (χ3n) is 5.67. The summed E-state index contributed by atoms with van der Waals surface area (Å²) in [5.74, 6) is -2.74. The number of rotatable bonds is 8. The summed E-state index contributed by atoms with van der Waals surface area (Å²) >= 11 is 7.44. The number of aliphatic carboxylic acids is 1. The smallest absolute Gasteiger partial charge is 0.353 e. The van der Waals surface area contributed by atoms with Gasteiger partial charge in [-0.3, -0.25) is 19.9 Å². The highest BCUT2D eigenvalue weighted by molar-refractivity contribution is 8.00. The third kappa shape index (κ3) is 4.23. The van der Waals surface area contributed by atoms with E-state index in [1.165, 1.54) is 34.9 Å². The molecule has 2 aromatic heterocycles. The molecule has 194 valence electrons. The molecule has 2 amide bonds. The van der Waals surface area contributed by atoms with E-state index in [-0.39, 0.29) is 45.0 Å². The molecule has 2 atom stereocenters. The zero-order chi connectivity index (χ0) is 27.1. The summed E-state index contributed by atoms with van der Waals surface area (Å²) in [5, 5.41) is 26.5. The number of amides is 2. The number of nitrogens with two attached hydrogens (primary N) is 2. The van der Waals surface area contributed by atoms with Gasteiger partial charge in [0.05, 0.1) is 5.69 Å². The minimum atomic E-state index is -1.70. The Labute approximate surface area is 222 Å². The lowest BCUT2D eigenvalue weighted by atomic mass is 9.87. The van der Waals surface area contributed by atoms with Crippen molar-refractivity contribution in [2.75, 3.05) is 24.3 Å². The van der Waals surface area contributed by atoms with Crippen LogP contribution in [0, 0.1) is 5.41 Å². The van der Waals surface area contributed by atoms with Crippen LogP contribution in [0.25, 0.3) is 5.57 Å². The minimum Gasteiger partial charge on any atom is -0.477 e. The van der Waals surface area contributed by atoms with Gasteiger partial charge in [-0.2, -0.15) is 4.98 Å². The molecule has 2 aliphatic rings. The van der Waals surface area contributed by atoms with E-state index >= 15 is 0 Å². The molecule has 1 unspecified atom stereocenters. The maximum absolute atomic E-state index is 13.5. The van der Waals surface area contributed by atoms with Gasteiger partial charge < -0.3 is 31.3 Å². The molecule has 14 nitrogen and oxygen atoms in total. The fourth-order valence-corrected chi connectivity index (χ4v) is 6.46. The van der Waals surface area contributed by atoms with Crippen molar-refractivity contribution in [1.82, 2.24) is 24.8 Å². The summed E-state index contributed by atoms with van der Waals surface area (Å²) in [7, 11) is 1.24. The highest BCUT2D eigenvalue weighted by atomic mass is 32.2. The van der Waals surface area contributed by atoms with Crippen LogP contribution in [-0.2, 0) is 25.8 Å². The molecule has 4 rings (SSSR count). The lowest BCUT2D eigenvalue weighted by molar-refractivity contribution is -0.153. The number of oxime groups is 1. The van der Waals surface area contributed by atoms with Crippen LogP contribution in [0.4, 0.5) is 10.9 Å². The maximum Gasteiger partial charge on any atom is 0.353 e. The van der Waals surface area contributed by atoms with Gasteiger partial charge in [-0.05, 0) is 6.92 Å². The van der Waals surface area contributed by atoms with E-state index in [9.17, 15) is 19.5 Å². The number of carboxylic acid groups (broad SMARTS) is 1. The monoisotopic (exact) mass is 563 g/mol. The van der Waals surface area contributed by atoms with Crippen molar-refractivity contribution in [3.05, 3.63) is 34.1 Å². The Morgan fingerprint density at radius 2 is 2.19 bits per heavy atom. The minimum absolute atomic E-state index is 0.0390. The zero-order valence-corrected chi connectivity index (χ0v) is 21.9. The molecule has 0 aliphatic carbocycles. The molecular weight excluding hydrogens is 542 g/mol. The first kappa shape index (κ1) is 26.2. The molecule has 0 saturated carbocycles. The van der Waals surface area contributed by atoms with Crippen LogP contribution in [0.5, 0.6) is 0 Å². The van der Waals surface area contributed by atoms with Crippen LogP contribution in [0.1, 0.15) is 18.3 Å². The Bertz CT molecular complexity index is 1450. The Morgan fingerprint density at radius 3 is 2.76 bits per heavy atom. The van der Waals surface area contributed by atoms with Crippen molar-refractivity contribution in [1.29, 1.82) is 5.41 Å². The van der Waals surface area contributed by atoms with Crippen LogP contribution in [0.2, 0.25) is 0 Å². The number of thiazole rings is 1. The van der Waals surface area contributed by atoms with Crippen molar-refractivity contribution in [2.24, 2.45) is 5.16 Å². The molecule has 2 aliphatic heterocycles. The van der Waals surface area contributed by atoms with Crippen LogP contribution in [0.15, 0.2) is 22.3 Å². The van der Waals surface area contributed by atoms with Gasteiger partial charge in [-0.25, -0.2) is 9.78 Å². The van der Waals surface area contributed by atoms with Gasteiger partial charge in [-0.15, -0.1) is 23.1 Å². The van der Waals surface area contributed by atoms with Gasteiger partial charge >= 0.3 is 5.97 Å². The number of nitrogens with one attached hydrogen (secondary N) is 2. The standard InChI is InChI=1S/C20H21N9O5S3/c1-3-28-10(4-11(21)25-18(28)22)8-5-36-17-20(7-35,16(33)29(17)13(8)15(31)32)26-14(30)12(27-34-2)9-6-37-19(23)24-9/h4,6-7,17H,3,5H2,1-2H3,(H2,23,24)(H,26,30)(H,31,32)(H3,21,22,25)/b27-12-/t17-,20?/m0/s1. The number of carboxylic acids is 1. The summed E-state index contributed by atoms with van der Waals surface area (Å²) < 4.78 is 1.49. The maximum atomic E-state index is 13.5. The second-order valence-corrected chi connectivity index (χ2v) is 9.93. The van der Waals surface area contributed by atoms with Crippen molar-refractivity contribution in [3.8, 4) is 0 Å². The van der Waals surface area contributed by atoms with E-state index in [1.54, 1.807) is 6.92 Å². The van der Waals surface area contributed by atoms with Crippen LogP contribution in [-0.4, -0.2) is 77.2 Å². The number of carbonyl (C=O) groups excluding carboxylic acids is 2. The Hall–Kier alpha value is -3.83. The zero-order valence-electron chi connectivity index (χ0n) is 19.4. The van der Waals surface area contributed by atoms with Crippen molar-refractivity contribution < 1.29 is 24.3 Å². The first-order chi connectivity index (χ1) is 17.6. The topological polar surface area (TPSA) is 215 Å². The summed E-state index contributed by atoms with van der Waals surface area (Å²) in [5.41, 5.74) is 9.92. The van der Waals surface area contributed by atoms with E-state index in [4.69, 9.17) is 33.9 Å². The predicted octanol–water partition coefficient (Wildman–Crippen LogP) is -0.380. The Balaban J connectivity index is 1.74. The molecular formula is C20H21N9O5S3. The van der Waals surface area contributed by atoms with Gasteiger partial charge in [0.25, 0.3) is 11.8 Å². The second-order valence-electron chi connectivity index (χ2n) is 7.74. The average Bonchev–Trinajstić information content (AvgIpc) is 3.29. The number of thiocarbonyl (C=S) groups is 1. The number of thioether (sulfide) groups is 1. The number of fused-ring (bicyclic) bond motifs is 1. The molecule has 17 heteroatoms. The Kier molecular flexibility index (Phi) is 7.03. The van der Waals surface area contributed by atoms with Gasteiger partial charge in [-0.1, -0.05) is 17.4 Å². The van der Waals surface area contributed by atoms with E-state index in [2.05, 4.69) is 20.4 Å². The number of nitrogens with zero attached hydrogens (tertiary/aromatic N) is 5. The summed E-state index contributed by atoms with van der Waals surface area (Å²) in [6, 6.07) is 1.46. The highest BCUT2D eigenvalue weighted by Crippen LogP contribution is 2.47. The quantitative estimate of drug-likeness (QED) is 0.121. The molecule has 1 saturated heterocycles. The van der Waals surface area contributed by atoms with Crippen molar-refractivity contribution in [2.45, 2.75) is 24.4 Å². The number of anilines is 2. The third-order valence-corrected chi connectivity index (χ3v) is 8.07. The van der Waals surface area contributed by atoms with E-state index < -0.39 is 28.7 Å². The number of nitrogen functional groups attached to an aromatic ring is 2. The molecule has 4 heterocycles. The second kappa shape index (κ2) is 9.91. The first-order valence-electron chi connectivity index (χ1n) is 10.5. The van der Waals surface area contributed by atoms with Gasteiger partial charge in [0.2, 0.25) is 5.62 Å². The number of hydrogen-bond donors (Lipinski definition) is 5. The lowest BCUT2D eigenvalue weighted by Gasteiger charge is -2.55. The van der Waals surface area contributed by atoms with Gasteiger partial charge in [0, 0.05) is 34.7 Å². The van der Waals surface area contributed by atoms with E-state index in [0.29, 0.717) is 12.2 Å². The van der Waals surface area contributed by atoms with Crippen molar-refractivity contribution in [3.63, 3.8) is 0 Å². The normalized spacial score (nSPS) is 21.2. The first-order valence-corrected chi connectivity index (χ1v) is 12.9. The number of hydrogen-bond acceptors (Lipinski definition) is 13. The van der Waals surface area contributed by atoms with Crippen LogP contribution in [0.3, 0.4) is 0 Å². The molecule has 0 spiro atoms. The highest BCUT2D eigenvalue weighted by Gasteiger charge is 2.65. The predicted molar refractivity (Wildman–Crippen MR) is 140 cm³/mol. The average molecular weight is 564 g/mol. The van der Waals surface area contributed by atoms with E-state index in [1.807, 2.05) is 0 Å². The van der Waals surface area contributed by atoms with E-state index in [0.717, 1.165) is 21.6 Å². The van der Waals surface area contributed by atoms with Crippen LogP contribution < -0.4 is 22.4 Å². The van der Waals surface area contributed by atoms with Crippen LogP contribution >= 0.6 is 35.3 Å². The molecule has 2 aromatic rings. The van der Waals surface area contributed by atoms with Crippen molar-refractivity contribution >= 4 is 80.7 Å². The fraction of sp³-hybridized carbons (Fsp3) is 0.300. The summed E-state index contributed by atoms with van der Waals surface area (Å²) in [6.45, 7) is 2.10. The molecule has 7 N–H and O–H groups in total. The number of carbonyl (C=O) groups is 3. The summed E-state index contributed by atoms with van der Waals surface area (Å²) in [6.07, 6.45) is 0. The Morgan fingerprint density at radius 1 is 1.46 bits per heavy atom. The number of β-lactam (4-membered cyclic amide) rings is 1. The van der Waals surface area contributed by atoms with Gasteiger partial charge in [0.1, 0.15) is 29.7 Å². The van der Waals surface area contributed by atoms with Gasteiger partial charge in [0.15, 0.2) is 16.4 Å². The summed E-state index contributed by atoms with van der Waals surface area (Å²) in [4.78, 5) is 52.9. The molecule has 37 heavy (non-hydrogen) atoms. The number of aromatic nitrogens is 3. The largest absolute Gasteiger partial charge is 0.477 e.